The highest BCUT2D eigenvalue weighted by Gasteiger charge is 2.06. The smallest absolute Gasteiger partial charge is 0.387 e. The van der Waals surface area contributed by atoms with Crippen LogP contribution in [0.4, 0.5) is 8.78 Å². The van der Waals surface area contributed by atoms with Gasteiger partial charge in [-0.15, -0.1) is 5.10 Å². The summed E-state index contributed by atoms with van der Waals surface area (Å²) in [5.74, 6) is 0.127. The largest absolute Gasteiger partial charge is 0.435 e. The number of nitrogens with zero attached hydrogens (tertiary/aromatic N) is 3. The van der Waals surface area contributed by atoms with Crippen molar-refractivity contribution >= 4 is 27.3 Å². The van der Waals surface area contributed by atoms with Gasteiger partial charge in [0.2, 0.25) is 4.80 Å². The molecule has 0 spiro atoms. The minimum absolute atomic E-state index is 0.127. The number of para-hydroxylation sites is 1. The molecule has 0 N–H and O–H groups in total. The number of alkyl halides is 2. The molecule has 0 aliphatic heterocycles. The van der Waals surface area contributed by atoms with Gasteiger partial charge < -0.3 is 9.30 Å². The first-order valence-corrected chi connectivity index (χ1v) is 8.60. The zero-order chi connectivity index (χ0) is 17.8. The van der Waals surface area contributed by atoms with Crippen molar-refractivity contribution in [1.29, 1.82) is 0 Å². The first kappa shape index (κ1) is 17.3. The maximum Gasteiger partial charge on any atom is 0.387 e. The Morgan fingerprint density at radius 3 is 2.52 bits per heavy atom. The molecular formula is C18H17F2N3OS. The van der Waals surface area contributed by atoms with Crippen LogP contribution in [0.1, 0.15) is 18.9 Å². The van der Waals surface area contributed by atoms with E-state index < -0.39 is 6.61 Å². The van der Waals surface area contributed by atoms with Crippen molar-refractivity contribution in [2.24, 2.45) is 17.3 Å². The number of halogens is 2. The lowest BCUT2D eigenvalue weighted by atomic mass is 10.1. The number of fused-ring (bicyclic) bond motifs is 1. The van der Waals surface area contributed by atoms with Crippen LogP contribution in [0.5, 0.6) is 5.75 Å². The summed E-state index contributed by atoms with van der Waals surface area (Å²) in [6.45, 7) is -0.851. The van der Waals surface area contributed by atoms with Crippen LogP contribution >= 0.6 is 11.3 Å². The molecule has 4 nitrogen and oxygen atoms in total. The molecule has 1 heterocycles. The molecule has 0 atom stereocenters. The molecule has 0 aliphatic carbocycles. The molecule has 0 saturated heterocycles. The molecule has 0 radical (unpaired) electrons. The van der Waals surface area contributed by atoms with E-state index in [1.165, 1.54) is 12.1 Å². The minimum atomic E-state index is -2.83. The number of hydrogen-bond donors (Lipinski definition) is 0. The van der Waals surface area contributed by atoms with Crippen molar-refractivity contribution in [2.75, 3.05) is 0 Å². The average Bonchev–Trinajstić information content (AvgIpc) is 2.93. The molecule has 0 saturated carbocycles. The quantitative estimate of drug-likeness (QED) is 0.485. The molecule has 2 aromatic carbocycles. The molecule has 0 aliphatic rings. The maximum absolute atomic E-state index is 12.2. The summed E-state index contributed by atoms with van der Waals surface area (Å²) in [4.78, 5) is 0.796. The number of rotatable bonds is 5. The summed E-state index contributed by atoms with van der Waals surface area (Å²) in [5, 5.41) is 8.75. The molecule has 25 heavy (non-hydrogen) atoms. The van der Waals surface area contributed by atoms with Gasteiger partial charge in [-0.3, -0.25) is 0 Å². The molecule has 0 amide bonds. The fourth-order valence-electron chi connectivity index (χ4n) is 2.44. The number of aryl methyl sites for hydroxylation is 1. The second-order valence-electron chi connectivity index (χ2n) is 5.31. The Morgan fingerprint density at radius 1 is 1.16 bits per heavy atom. The van der Waals surface area contributed by atoms with Gasteiger partial charge in [-0.2, -0.15) is 13.9 Å². The SMILES string of the molecule is CC/C(=N\N=c1/sc2ccccc2n1C)c1ccc(OC(F)F)cc1. The molecule has 0 bridgehead atoms. The predicted octanol–water partition coefficient (Wildman–Crippen LogP) is 4.56. The van der Waals surface area contributed by atoms with Gasteiger partial charge in [-0.05, 0) is 48.4 Å². The van der Waals surface area contributed by atoms with E-state index in [1.807, 2.05) is 42.8 Å². The van der Waals surface area contributed by atoms with Crippen LogP contribution in [-0.4, -0.2) is 16.9 Å². The standard InChI is InChI=1S/C18H17F2N3OS/c1-3-14(12-8-10-13(11-9-12)24-17(19)20)21-22-18-23(2)15-6-4-5-7-16(15)25-18/h4-11,17H,3H2,1-2H3/b21-14+,22-18-. The summed E-state index contributed by atoms with van der Waals surface area (Å²) >= 11 is 1.57. The van der Waals surface area contributed by atoms with Crippen molar-refractivity contribution in [1.82, 2.24) is 4.57 Å². The minimum Gasteiger partial charge on any atom is -0.435 e. The first-order valence-electron chi connectivity index (χ1n) is 7.79. The maximum atomic E-state index is 12.2. The highest BCUT2D eigenvalue weighted by Crippen LogP contribution is 2.17. The summed E-state index contributed by atoms with van der Waals surface area (Å²) in [5.41, 5.74) is 2.71. The number of benzene rings is 2. The predicted molar refractivity (Wildman–Crippen MR) is 96.3 cm³/mol. The summed E-state index contributed by atoms with van der Waals surface area (Å²) < 4.78 is 31.9. The lowest BCUT2D eigenvalue weighted by molar-refractivity contribution is -0.0498. The van der Waals surface area contributed by atoms with Gasteiger partial charge in [0.05, 0.1) is 15.9 Å². The van der Waals surface area contributed by atoms with Crippen molar-refractivity contribution in [3.63, 3.8) is 0 Å². The lowest BCUT2D eigenvalue weighted by Gasteiger charge is -2.06. The van der Waals surface area contributed by atoms with Gasteiger partial charge in [0.1, 0.15) is 5.75 Å². The Hall–Kier alpha value is -2.54. The average molecular weight is 361 g/mol. The molecule has 3 aromatic rings. The van der Waals surface area contributed by atoms with Crippen molar-refractivity contribution < 1.29 is 13.5 Å². The van der Waals surface area contributed by atoms with E-state index in [2.05, 4.69) is 14.9 Å². The monoisotopic (exact) mass is 361 g/mol. The number of thiazole rings is 1. The van der Waals surface area contributed by atoms with Crippen LogP contribution in [0.3, 0.4) is 0 Å². The molecule has 0 fully saturated rings. The third-order valence-electron chi connectivity index (χ3n) is 3.72. The Morgan fingerprint density at radius 2 is 1.88 bits per heavy atom. The fourth-order valence-corrected chi connectivity index (χ4v) is 3.41. The lowest BCUT2D eigenvalue weighted by Crippen LogP contribution is -2.10. The zero-order valence-corrected chi connectivity index (χ0v) is 14.6. The highest BCUT2D eigenvalue weighted by atomic mass is 32.1. The van der Waals surface area contributed by atoms with Crippen molar-refractivity contribution in [3.8, 4) is 5.75 Å². The number of hydrogen-bond acceptors (Lipinski definition) is 4. The van der Waals surface area contributed by atoms with Crippen LogP contribution in [0.25, 0.3) is 10.2 Å². The Bertz CT molecular complexity index is 958. The second kappa shape index (κ2) is 7.57. The van der Waals surface area contributed by atoms with Crippen LogP contribution in [0, 0.1) is 0 Å². The van der Waals surface area contributed by atoms with E-state index in [-0.39, 0.29) is 5.75 Å². The Labute approximate surface area is 147 Å². The molecular weight excluding hydrogens is 344 g/mol. The van der Waals surface area contributed by atoms with E-state index in [0.29, 0.717) is 6.42 Å². The van der Waals surface area contributed by atoms with Gasteiger partial charge >= 0.3 is 6.61 Å². The number of aromatic nitrogens is 1. The molecule has 130 valence electrons. The molecule has 3 rings (SSSR count). The van der Waals surface area contributed by atoms with E-state index in [9.17, 15) is 8.78 Å². The summed E-state index contributed by atoms with van der Waals surface area (Å²) in [7, 11) is 1.95. The van der Waals surface area contributed by atoms with E-state index in [0.717, 1.165) is 26.3 Å². The van der Waals surface area contributed by atoms with Crippen molar-refractivity contribution in [2.45, 2.75) is 20.0 Å². The summed E-state index contributed by atoms with van der Waals surface area (Å²) in [6.07, 6.45) is 0.674. The topological polar surface area (TPSA) is 38.9 Å². The van der Waals surface area contributed by atoms with Crippen LogP contribution in [0.15, 0.2) is 58.7 Å². The van der Waals surface area contributed by atoms with Crippen molar-refractivity contribution in [3.05, 3.63) is 58.9 Å². The highest BCUT2D eigenvalue weighted by molar-refractivity contribution is 7.16. The van der Waals surface area contributed by atoms with E-state index in [1.54, 1.807) is 23.5 Å². The van der Waals surface area contributed by atoms with Gasteiger partial charge in [0.25, 0.3) is 0 Å². The summed E-state index contributed by atoms with van der Waals surface area (Å²) in [6, 6.07) is 14.5. The zero-order valence-electron chi connectivity index (χ0n) is 13.8. The van der Waals surface area contributed by atoms with Crippen LogP contribution in [0.2, 0.25) is 0 Å². The molecule has 1 aromatic heterocycles. The van der Waals surface area contributed by atoms with Crippen LogP contribution in [-0.2, 0) is 7.05 Å². The molecule has 7 heteroatoms. The van der Waals surface area contributed by atoms with Gasteiger partial charge in [-0.1, -0.05) is 30.4 Å². The second-order valence-corrected chi connectivity index (χ2v) is 6.32. The van der Waals surface area contributed by atoms with Gasteiger partial charge in [-0.25, -0.2) is 0 Å². The third kappa shape index (κ3) is 3.93. The van der Waals surface area contributed by atoms with Gasteiger partial charge in [0.15, 0.2) is 0 Å². The van der Waals surface area contributed by atoms with Crippen LogP contribution < -0.4 is 9.54 Å². The Balaban J connectivity index is 1.93. The van der Waals surface area contributed by atoms with Gasteiger partial charge in [0, 0.05) is 7.05 Å². The fraction of sp³-hybridized carbons (Fsp3) is 0.222. The van der Waals surface area contributed by atoms with E-state index in [4.69, 9.17) is 0 Å². The first-order chi connectivity index (χ1) is 12.1. The van der Waals surface area contributed by atoms with E-state index >= 15 is 0 Å². The number of ether oxygens (including phenoxy) is 1. The Kier molecular flexibility index (Phi) is 5.23. The molecule has 0 unspecified atom stereocenters. The third-order valence-corrected chi connectivity index (χ3v) is 4.82. The normalized spacial score (nSPS) is 13.0.